The van der Waals surface area contributed by atoms with Crippen LogP contribution >= 0.6 is 11.8 Å². The van der Waals surface area contributed by atoms with Gasteiger partial charge in [0.2, 0.25) is 5.91 Å². The van der Waals surface area contributed by atoms with Gasteiger partial charge >= 0.3 is 11.9 Å². The zero-order valence-electron chi connectivity index (χ0n) is 15.5. The summed E-state index contributed by atoms with van der Waals surface area (Å²) in [7, 11) is 0. The molecule has 0 aliphatic carbocycles. The van der Waals surface area contributed by atoms with E-state index < -0.39 is 40.5 Å². The Bertz CT molecular complexity index is 607. The normalized spacial score (nSPS) is 23.8. The number of nitrogens with one attached hydrogen (secondary N) is 2. The van der Waals surface area contributed by atoms with Gasteiger partial charge in [-0.2, -0.15) is 0 Å². The van der Waals surface area contributed by atoms with E-state index >= 15 is 0 Å². The van der Waals surface area contributed by atoms with Crippen LogP contribution in [0.15, 0.2) is 0 Å². The van der Waals surface area contributed by atoms with Crippen LogP contribution in [0.3, 0.4) is 0 Å². The predicted octanol–water partition coefficient (Wildman–Crippen LogP) is -1.29. The van der Waals surface area contributed by atoms with E-state index in [4.69, 9.17) is 15.2 Å². The number of carbonyl (C=O) groups is 5. The van der Waals surface area contributed by atoms with E-state index in [0.29, 0.717) is 0 Å². The predicted molar refractivity (Wildman–Crippen MR) is 96.4 cm³/mol. The van der Waals surface area contributed by atoms with Crippen LogP contribution in [0.2, 0.25) is 0 Å². The molecule has 2 amide bonds. The van der Waals surface area contributed by atoms with E-state index in [9.17, 15) is 24.0 Å². The first kappa shape index (κ1) is 22.9. The molecule has 0 bridgehead atoms. The molecular formula is C16H25N3O7S. The summed E-state index contributed by atoms with van der Waals surface area (Å²) >= 11 is 0.722. The second kappa shape index (κ2) is 10.3. The van der Waals surface area contributed by atoms with Gasteiger partial charge in [0.15, 0.2) is 6.10 Å². The number of nitrogens with two attached hydrogens (primary N) is 1. The third-order valence-corrected chi connectivity index (χ3v) is 4.44. The molecule has 1 rings (SSSR count). The summed E-state index contributed by atoms with van der Waals surface area (Å²) in [5.74, 6) is -2.66. The van der Waals surface area contributed by atoms with Crippen molar-refractivity contribution < 1.29 is 33.4 Å². The summed E-state index contributed by atoms with van der Waals surface area (Å²) in [4.78, 5) is 59.6. The number of esters is 2. The molecule has 1 saturated heterocycles. The minimum absolute atomic E-state index is 0.00811. The topological polar surface area (TPSA) is 154 Å². The van der Waals surface area contributed by atoms with Crippen molar-refractivity contribution in [3.8, 4) is 0 Å². The highest BCUT2D eigenvalue weighted by Crippen LogP contribution is 2.25. The first-order valence-electron chi connectivity index (χ1n) is 8.39. The fourth-order valence-electron chi connectivity index (χ4n) is 2.05. The van der Waals surface area contributed by atoms with Crippen LogP contribution < -0.4 is 16.4 Å². The Labute approximate surface area is 161 Å². The van der Waals surface area contributed by atoms with E-state index in [0.717, 1.165) is 11.8 Å². The number of amides is 2. The van der Waals surface area contributed by atoms with Crippen molar-refractivity contribution >= 4 is 40.6 Å². The van der Waals surface area contributed by atoms with Crippen molar-refractivity contribution in [2.45, 2.75) is 39.3 Å². The van der Waals surface area contributed by atoms with Crippen LogP contribution in [0, 0.1) is 5.41 Å². The first-order valence-corrected chi connectivity index (χ1v) is 9.37. The molecule has 2 atom stereocenters. The second-order valence-corrected chi connectivity index (χ2v) is 7.76. The second-order valence-electron chi connectivity index (χ2n) is 6.70. The summed E-state index contributed by atoms with van der Waals surface area (Å²) < 4.78 is 10.2. The van der Waals surface area contributed by atoms with Gasteiger partial charge in [-0.1, -0.05) is 25.6 Å². The van der Waals surface area contributed by atoms with Crippen LogP contribution in [-0.4, -0.2) is 66.5 Å². The van der Waals surface area contributed by atoms with Crippen LogP contribution in [-0.2, 0) is 33.4 Å². The molecule has 0 unspecified atom stereocenters. The van der Waals surface area contributed by atoms with Crippen molar-refractivity contribution in [1.29, 1.82) is 0 Å². The van der Waals surface area contributed by atoms with Gasteiger partial charge in [0, 0.05) is 30.7 Å². The molecule has 27 heavy (non-hydrogen) atoms. The smallest absolute Gasteiger partial charge is 0.385 e. The molecule has 0 spiro atoms. The van der Waals surface area contributed by atoms with Crippen LogP contribution in [0.25, 0.3) is 0 Å². The fraction of sp³-hybridized carbons (Fsp3) is 0.688. The molecule has 4 N–H and O–H groups in total. The Balaban J connectivity index is 3.00. The molecule has 11 heteroatoms. The molecule has 0 aromatic carbocycles. The van der Waals surface area contributed by atoms with E-state index in [2.05, 4.69) is 10.6 Å². The van der Waals surface area contributed by atoms with Gasteiger partial charge in [0.1, 0.15) is 12.6 Å². The number of hydrogen-bond donors (Lipinski definition) is 3. The molecule has 0 radical (unpaired) electrons. The van der Waals surface area contributed by atoms with Crippen molar-refractivity contribution in [3.63, 3.8) is 0 Å². The van der Waals surface area contributed by atoms with Crippen molar-refractivity contribution in [3.05, 3.63) is 0 Å². The number of ether oxygens (including phenoxy) is 2. The van der Waals surface area contributed by atoms with Crippen molar-refractivity contribution in [1.82, 2.24) is 10.6 Å². The van der Waals surface area contributed by atoms with Crippen LogP contribution in [0.4, 0.5) is 0 Å². The molecule has 1 heterocycles. The van der Waals surface area contributed by atoms with E-state index in [1.165, 1.54) is 6.92 Å². The molecule has 10 nitrogen and oxygen atoms in total. The average Bonchev–Trinajstić information content (AvgIpc) is 2.59. The molecule has 0 aromatic rings. The van der Waals surface area contributed by atoms with Gasteiger partial charge in [-0.25, -0.2) is 4.79 Å². The molecule has 1 aliphatic rings. The highest BCUT2D eigenvalue weighted by Gasteiger charge is 2.40. The Morgan fingerprint density at radius 3 is 2.56 bits per heavy atom. The lowest BCUT2D eigenvalue weighted by atomic mass is 9.86. The third kappa shape index (κ3) is 7.55. The summed E-state index contributed by atoms with van der Waals surface area (Å²) in [6.07, 6.45) is -1.33. The summed E-state index contributed by atoms with van der Waals surface area (Å²) in [5.41, 5.74) is 4.34. The monoisotopic (exact) mass is 403 g/mol. The van der Waals surface area contributed by atoms with Crippen molar-refractivity contribution in [2.75, 3.05) is 25.4 Å². The lowest BCUT2D eigenvalue weighted by Gasteiger charge is -2.32. The summed E-state index contributed by atoms with van der Waals surface area (Å²) in [5, 5.41) is 4.27. The van der Waals surface area contributed by atoms with Crippen LogP contribution in [0.1, 0.15) is 27.2 Å². The summed E-state index contributed by atoms with van der Waals surface area (Å²) in [6.45, 7) is 4.37. The lowest BCUT2D eigenvalue weighted by molar-refractivity contribution is -0.170. The third-order valence-electron chi connectivity index (χ3n) is 3.60. The molecule has 0 aromatic heterocycles. The zero-order chi connectivity index (χ0) is 20.6. The fourth-order valence-corrected chi connectivity index (χ4v) is 2.62. The number of carbonyl (C=O) groups excluding carboxylic acids is 5. The Kier molecular flexibility index (Phi) is 8.70. The number of cyclic esters (lactones) is 1. The molecule has 1 fully saturated rings. The lowest BCUT2D eigenvalue weighted by Crippen LogP contribution is -2.51. The quantitative estimate of drug-likeness (QED) is 0.377. The zero-order valence-corrected chi connectivity index (χ0v) is 16.4. The molecule has 152 valence electrons. The highest BCUT2D eigenvalue weighted by molar-refractivity contribution is 8.15. The van der Waals surface area contributed by atoms with Gasteiger partial charge in [0.25, 0.3) is 11.0 Å². The first-order chi connectivity index (χ1) is 12.5. The Morgan fingerprint density at radius 2 is 1.93 bits per heavy atom. The van der Waals surface area contributed by atoms with Gasteiger partial charge < -0.3 is 25.8 Å². The van der Waals surface area contributed by atoms with Crippen molar-refractivity contribution in [2.24, 2.45) is 11.1 Å². The maximum absolute atomic E-state index is 12.5. The Hall–Kier alpha value is -2.14. The highest BCUT2D eigenvalue weighted by atomic mass is 32.2. The number of rotatable bonds is 2. The van der Waals surface area contributed by atoms with Gasteiger partial charge in [-0.05, 0) is 6.92 Å². The van der Waals surface area contributed by atoms with E-state index in [1.807, 2.05) is 0 Å². The minimum Gasteiger partial charge on any atom is -0.459 e. The minimum atomic E-state index is -1.33. The van der Waals surface area contributed by atoms with Gasteiger partial charge in [0.05, 0.1) is 0 Å². The SMILES string of the molecule is C[C@H](N)C(=O)O[C@H]1C(=O)NCCC(=O)NCCSC(=O)C(=O)OCC1(C)C. The average molecular weight is 403 g/mol. The van der Waals surface area contributed by atoms with E-state index in [1.54, 1.807) is 13.8 Å². The standard InChI is InChI=1S/C16H25N3O7S/c1-9(17)13(22)26-11-12(21)19-5-4-10(20)18-6-7-27-15(24)14(23)25-8-16(11,2)3/h9,11H,4-8,17H2,1-3H3,(H,18,20)(H,19,21)/t9-,11-/m0/s1. The number of hydrogen-bond acceptors (Lipinski definition) is 9. The molecule has 1 aliphatic heterocycles. The van der Waals surface area contributed by atoms with Gasteiger partial charge in [-0.15, -0.1) is 0 Å². The van der Waals surface area contributed by atoms with Crippen LogP contribution in [0.5, 0.6) is 0 Å². The molecule has 0 saturated carbocycles. The maximum Gasteiger partial charge on any atom is 0.385 e. The number of thioether (sulfide) groups is 1. The van der Waals surface area contributed by atoms with E-state index in [-0.39, 0.29) is 37.8 Å². The maximum atomic E-state index is 12.5. The van der Waals surface area contributed by atoms with Gasteiger partial charge in [-0.3, -0.25) is 19.2 Å². The largest absolute Gasteiger partial charge is 0.459 e. The Morgan fingerprint density at radius 1 is 1.26 bits per heavy atom. The molecular weight excluding hydrogens is 378 g/mol. The summed E-state index contributed by atoms with van der Waals surface area (Å²) in [6, 6.07) is -0.962.